The quantitative estimate of drug-likeness (QED) is 0.766. The van der Waals surface area contributed by atoms with E-state index in [4.69, 9.17) is 16.3 Å². The second kappa shape index (κ2) is 7.24. The van der Waals surface area contributed by atoms with E-state index in [0.717, 1.165) is 14.5 Å². The van der Waals surface area contributed by atoms with E-state index < -0.39 is 0 Å². The van der Waals surface area contributed by atoms with Gasteiger partial charge in [0.25, 0.3) is 5.91 Å². The highest BCUT2D eigenvalue weighted by Gasteiger charge is 2.10. The summed E-state index contributed by atoms with van der Waals surface area (Å²) in [7, 11) is 0. The Morgan fingerprint density at radius 3 is 2.76 bits per heavy atom. The van der Waals surface area contributed by atoms with Gasteiger partial charge < -0.3 is 10.1 Å². The highest BCUT2D eigenvalue weighted by molar-refractivity contribution is 9.11. The van der Waals surface area contributed by atoms with E-state index in [9.17, 15) is 4.79 Å². The van der Waals surface area contributed by atoms with Gasteiger partial charge in [0.05, 0.1) is 9.50 Å². The number of ether oxygens (including phenoxy) is 1. The number of benzene rings is 1. The van der Waals surface area contributed by atoms with E-state index in [-0.39, 0.29) is 12.5 Å². The molecule has 21 heavy (non-hydrogen) atoms. The largest absolute Gasteiger partial charge is 0.482 e. The Hall–Kier alpha value is -1.11. The highest BCUT2D eigenvalue weighted by atomic mass is 79.9. The van der Waals surface area contributed by atoms with Crippen molar-refractivity contribution in [2.45, 2.75) is 6.92 Å². The number of carbonyl (C=O) groups excluding carboxylic acids is 1. The summed E-state index contributed by atoms with van der Waals surface area (Å²) in [5, 5.41) is 3.14. The summed E-state index contributed by atoms with van der Waals surface area (Å²) >= 11 is 12.5. The van der Waals surface area contributed by atoms with E-state index in [1.807, 2.05) is 19.1 Å². The predicted molar refractivity (Wildman–Crippen MR) is 90.0 cm³/mol. The molecular weight excluding hydrogens is 423 g/mol. The number of hydrogen-bond acceptors (Lipinski definition) is 3. The van der Waals surface area contributed by atoms with E-state index >= 15 is 0 Å². The van der Waals surface area contributed by atoms with E-state index in [1.54, 1.807) is 12.1 Å². The molecule has 0 saturated heterocycles. The lowest BCUT2D eigenvalue weighted by atomic mass is 10.2. The summed E-state index contributed by atoms with van der Waals surface area (Å²) in [5.74, 6) is 0.774. The molecule has 0 aliphatic carbocycles. The molecule has 0 unspecified atom stereocenters. The minimum absolute atomic E-state index is 0.106. The number of hydrogen-bond donors (Lipinski definition) is 1. The lowest BCUT2D eigenvalue weighted by Gasteiger charge is -2.11. The Morgan fingerprint density at radius 1 is 1.38 bits per heavy atom. The lowest BCUT2D eigenvalue weighted by Crippen LogP contribution is -2.21. The highest BCUT2D eigenvalue weighted by Crippen LogP contribution is 2.32. The molecule has 1 amide bonds. The Morgan fingerprint density at radius 2 is 2.14 bits per heavy atom. The van der Waals surface area contributed by atoms with Crippen LogP contribution >= 0.6 is 43.5 Å². The number of nitrogens with zero attached hydrogens (tertiary/aromatic N) is 1. The number of amides is 1. The number of carbonyl (C=O) groups is 1. The smallest absolute Gasteiger partial charge is 0.263 e. The number of rotatable bonds is 4. The summed E-state index contributed by atoms with van der Waals surface area (Å²) < 4.78 is 7.27. The number of anilines is 1. The molecule has 0 bridgehead atoms. The molecular formula is C14H11Br2ClN2O2. The monoisotopic (exact) mass is 432 g/mol. The third-order valence-electron chi connectivity index (χ3n) is 2.54. The van der Waals surface area contributed by atoms with Crippen LogP contribution in [0.5, 0.6) is 5.75 Å². The zero-order valence-corrected chi connectivity index (χ0v) is 14.9. The zero-order chi connectivity index (χ0) is 15.4. The van der Waals surface area contributed by atoms with Crippen molar-refractivity contribution in [3.63, 3.8) is 0 Å². The maximum atomic E-state index is 11.8. The first-order chi connectivity index (χ1) is 9.95. The third-order valence-corrected chi connectivity index (χ3v) is 3.81. The molecule has 1 aromatic heterocycles. The van der Waals surface area contributed by atoms with Crippen LogP contribution in [0.15, 0.2) is 39.4 Å². The first-order valence-corrected chi connectivity index (χ1v) is 7.92. The van der Waals surface area contributed by atoms with Crippen LogP contribution in [0.3, 0.4) is 0 Å². The van der Waals surface area contributed by atoms with Crippen LogP contribution in [0.2, 0.25) is 5.02 Å². The zero-order valence-electron chi connectivity index (χ0n) is 11.0. The van der Waals surface area contributed by atoms with Gasteiger partial charge >= 0.3 is 0 Å². The van der Waals surface area contributed by atoms with Crippen molar-refractivity contribution in [1.29, 1.82) is 0 Å². The fraction of sp³-hybridized carbons (Fsp3) is 0.143. The van der Waals surface area contributed by atoms with Crippen LogP contribution in [0.4, 0.5) is 5.82 Å². The van der Waals surface area contributed by atoms with Gasteiger partial charge in [-0.25, -0.2) is 4.98 Å². The van der Waals surface area contributed by atoms with Gasteiger partial charge in [0, 0.05) is 10.7 Å². The minimum atomic E-state index is -0.293. The second-order valence-corrected chi connectivity index (χ2v) is 6.44. The van der Waals surface area contributed by atoms with Crippen LogP contribution in [-0.2, 0) is 4.79 Å². The molecule has 1 heterocycles. The number of aryl methyl sites for hydroxylation is 1. The average molecular weight is 435 g/mol. The summed E-state index contributed by atoms with van der Waals surface area (Å²) in [6.45, 7) is 1.80. The van der Waals surface area contributed by atoms with Crippen LogP contribution in [0.25, 0.3) is 0 Å². The molecule has 110 valence electrons. The number of pyridine rings is 1. The van der Waals surface area contributed by atoms with Crippen molar-refractivity contribution in [1.82, 2.24) is 4.98 Å². The fourth-order valence-electron chi connectivity index (χ4n) is 1.64. The van der Waals surface area contributed by atoms with Crippen molar-refractivity contribution in [2.24, 2.45) is 0 Å². The van der Waals surface area contributed by atoms with Crippen molar-refractivity contribution in [3.05, 3.63) is 50.0 Å². The van der Waals surface area contributed by atoms with Gasteiger partial charge in [-0.1, -0.05) is 27.5 Å². The molecule has 2 aromatic rings. The number of nitrogens with one attached hydrogen (secondary N) is 1. The summed E-state index contributed by atoms with van der Waals surface area (Å²) in [5.41, 5.74) is 0.925. The Labute approximate surface area is 144 Å². The molecule has 7 heteroatoms. The van der Waals surface area contributed by atoms with Gasteiger partial charge in [-0.3, -0.25) is 4.79 Å². The molecule has 0 radical (unpaired) electrons. The van der Waals surface area contributed by atoms with Crippen molar-refractivity contribution in [3.8, 4) is 5.75 Å². The molecule has 0 aliphatic heterocycles. The molecule has 1 N–H and O–H groups in total. The molecule has 2 rings (SSSR count). The number of aromatic nitrogens is 1. The standard InChI is InChI=1S/C14H11Br2ClN2O2/c1-8-4-9(15)5-11(16)14(8)21-7-13(20)19-12-3-2-10(17)6-18-12/h2-6H,7H2,1H3,(H,18,19,20). The van der Waals surface area contributed by atoms with E-state index in [1.165, 1.54) is 6.20 Å². The second-order valence-electron chi connectivity index (χ2n) is 4.23. The van der Waals surface area contributed by atoms with Crippen molar-refractivity contribution in [2.75, 3.05) is 11.9 Å². The number of halogens is 3. The predicted octanol–water partition coefficient (Wildman–Crippen LogP) is 4.59. The van der Waals surface area contributed by atoms with Gasteiger partial charge in [-0.2, -0.15) is 0 Å². The fourth-order valence-corrected chi connectivity index (χ4v) is 3.30. The van der Waals surface area contributed by atoms with Crippen LogP contribution in [0, 0.1) is 6.92 Å². The average Bonchev–Trinajstić information content (AvgIpc) is 2.40. The maximum Gasteiger partial charge on any atom is 0.263 e. The summed E-state index contributed by atoms with van der Waals surface area (Å²) in [6, 6.07) is 7.06. The van der Waals surface area contributed by atoms with Crippen molar-refractivity contribution >= 4 is 55.2 Å². The Kier molecular flexibility index (Phi) is 5.61. The van der Waals surface area contributed by atoms with E-state index in [0.29, 0.717) is 16.6 Å². The molecule has 1 aromatic carbocycles. The first-order valence-electron chi connectivity index (χ1n) is 5.95. The van der Waals surface area contributed by atoms with Gasteiger partial charge in [0.1, 0.15) is 11.6 Å². The molecule has 0 saturated carbocycles. The first kappa shape index (κ1) is 16.3. The molecule has 4 nitrogen and oxygen atoms in total. The van der Waals surface area contributed by atoms with E-state index in [2.05, 4.69) is 42.2 Å². The Balaban J connectivity index is 1.97. The van der Waals surface area contributed by atoms with Crippen LogP contribution in [-0.4, -0.2) is 17.5 Å². The molecule has 0 spiro atoms. The van der Waals surface area contributed by atoms with Gasteiger partial charge in [0.2, 0.25) is 0 Å². The lowest BCUT2D eigenvalue weighted by molar-refractivity contribution is -0.118. The van der Waals surface area contributed by atoms with Crippen LogP contribution < -0.4 is 10.1 Å². The maximum absolute atomic E-state index is 11.8. The van der Waals surface area contributed by atoms with Gasteiger partial charge in [0.15, 0.2) is 6.61 Å². The molecule has 0 aliphatic rings. The molecule has 0 fully saturated rings. The SMILES string of the molecule is Cc1cc(Br)cc(Br)c1OCC(=O)Nc1ccc(Cl)cn1. The topological polar surface area (TPSA) is 51.2 Å². The Bertz CT molecular complexity index is 640. The van der Waals surface area contributed by atoms with Gasteiger partial charge in [-0.15, -0.1) is 0 Å². The van der Waals surface area contributed by atoms with Gasteiger partial charge in [-0.05, 0) is 52.7 Å². The third kappa shape index (κ3) is 4.69. The normalized spacial score (nSPS) is 10.3. The summed E-state index contributed by atoms with van der Waals surface area (Å²) in [6.07, 6.45) is 1.47. The van der Waals surface area contributed by atoms with Crippen LogP contribution in [0.1, 0.15) is 5.56 Å². The summed E-state index contributed by atoms with van der Waals surface area (Å²) in [4.78, 5) is 15.8. The minimum Gasteiger partial charge on any atom is -0.482 e. The molecule has 0 atom stereocenters. The van der Waals surface area contributed by atoms with Crippen molar-refractivity contribution < 1.29 is 9.53 Å².